The van der Waals surface area contributed by atoms with Crippen molar-refractivity contribution in [2.45, 2.75) is 56.6 Å². The first-order valence-corrected chi connectivity index (χ1v) is 13.0. The van der Waals surface area contributed by atoms with Crippen LogP contribution in [0.15, 0.2) is 65.8 Å². The van der Waals surface area contributed by atoms with Gasteiger partial charge in [-0.25, -0.2) is 4.79 Å². The molecule has 192 valence electrons. The number of nitrogens with one attached hydrogen (secondary N) is 2. The van der Waals surface area contributed by atoms with Gasteiger partial charge in [0.05, 0.1) is 11.6 Å². The standard InChI is InChI=1S/C29H28Cl2N2O4/c1-28(2,3)37-26(35)19-8-5-11-32-25(19)20-15-29(21-10-9-18(31)13-23(21)33-27(29)36)22(14-24(20)34)16-6-4-7-17(30)12-16/h4,6-10,12-13,15,22,25,32H,5,11,14H2,1-3H3,(H,33,36)/t22-,25?,29-/m0/s1. The van der Waals surface area contributed by atoms with Gasteiger partial charge in [-0.05, 0) is 69.1 Å². The third-order valence-electron chi connectivity index (χ3n) is 7.06. The zero-order chi connectivity index (χ0) is 26.5. The SMILES string of the molecule is CC(C)(C)OC(=O)C1=CCCNC1C1=C[C@@]2(C(=O)Nc3cc(Cl)ccc32)[C@H](c2cccc(Cl)c2)CC1=O. The molecule has 5 rings (SSSR count). The Morgan fingerprint density at radius 2 is 1.84 bits per heavy atom. The summed E-state index contributed by atoms with van der Waals surface area (Å²) < 4.78 is 5.65. The lowest BCUT2D eigenvalue weighted by atomic mass is 9.61. The summed E-state index contributed by atoms with van der Waals surface area (Å²) >= 11 is 12.6. The maximum atomic E-state index is 13.9. The number of fused-ring (bicyclic) bond motifs is 2. The van der Waals surface area contributed by atoms with Gasteiger partial charge < -0.3 is 15.4 Å². The molecule has 1 amide bonds. The van der Waals surface area contributed by atoms with Gasteiger partial charge in [0.2, 0.25) is 5.91 Å². The van der Waals surface area contributed by atoms with Crippen molar-refractivity contribution < 1.29 is 19.1 Å². The molecule has 2 aromatic rings. The highest BCUT2D eigenvalue weighted by atomic mass is 35.5. The van der Waals surface area contributed by atoms with E-state index in [9.17, 15) is 14.4 Å². The van der Waals surface area contributed by atoms with Crippen molar-refractivity contribution in [1.29, 1.82) is 0 Å². The van der Waals surface area contributed by atoms with Crippen molar-refractivity contribution in [3.8, 4) is 0 Å². The number of amides is 1. The van der Waals surface area contributed by atoms with Crippen molar-refractivity contribution in [2.24, 2.45) is 0 Å². The molecular weight excluding hydrogens is 511 g/mol. The summed E-state index contributed by atoms with van der Waals surface area (Å²) in [6, 6.07) is 11.9. The Bertz CT molecular complexity index is 1370. The number of benzene rings is 2. The molecule has 0 saturated carbocycles. The van der Waals surface area contributed by atoms with Crippen LogP contribution >= 0.6 is 23.2 Å². The number of carbonyl (C=O) groups is 3. The van der Waals surface area contributed by atoms with Gasteiger partial charge in [0.1, 0.15) is 11.0 Å². The van der Waals surface area contributed by atoms with Crippen molar-refractivity contribution in [3.63, 3.8) is 0 Å². The molecule has 2 aliphatic heterocycles. The van der Waals surface area contributed by atoms with Gasteiger partial charge in [-0.3, -0.25) is 9.59 Å². The second-order valence-corrected chi connectivity index (χ2v) is 11.6. The van der Waals surface area contributed by atoms with Crippen LogP contribution < -0.4 is 10.6 Å². The molecule has 2 heterocycles. The van der Waals surface area contributed by atoms with E-state index < -0.39 is 28.9 Å². The van der Waals surface area contributed by atoms with Crippen LogP contribution in [-0.2, 0) is 24.5 Å². The fourth-order valence-electron chi connectivity index (χ4n) is 5.56. The number of ketones is 1. The number of hydrogen-bond acceptors (Lipinski definition) is 5. The molecule has 2 N–H and O–H groups in total. The number of rotatable bonds is 3. The van der Waals surface area contributed by atoms with Gasteiger partial charge in [0, 0.05) is 33.6 Å². The van der Waals surface area contributed by atoms with Crippen LogP contribution in [-0.4, -0.2) is 35.8 Å². The van der Waals surface area contributed by atoms with Crippen molar-refractivity contribution in [2.75, 3.05) is 11.9 Å². The molecule has 1 unspecified atom stereocenters. The summed E-state index contributed by atoms with van der Waals surface area (Å²) in [5, 5.41) is 7.32. The molecule has 0 radical (unpaired) electrons. The van der Waals surface area contributed by atoms with E-state index in [1.54, 1.807) is 51.1 Å². The highest BCUT2D eigenvalue weighted by Crippen LogP contribution is 2.54. The van der Waals surface area contributed by atoms with Gasteiger partial charge >= 0.3 is 5.97 Å². The maximum Gasteiger partial charge on any atom is 0.336 e. The Kier molecular flexibility index (Phi) is 6.55. The predicted octanol–water partition coefficient (Wildman–Crippen LogP) is 5.50. The first-order chi connectivity index (χ1) is 17.5. The molecule has 1 spiro atoms. The Balaban J connectivity index is 1.68. The molecule has 0 fully saturated rings. The van der Waals surface area contributed by atoms with E-state index in [4.69, 9.17) is 27.9 Å². The average Bonchev–Trinajstić information content (AvgIpc) is 3.09. The Hall–Kier alpha value is -2.93. The monoisotopic (exact) mass is 538 g/mol. The number of Topliss-reactive ketones (excluding diaryl/α,β-unsaturated/α-hetero) is 1. The molecule has 8 heteroatoms. The summed E-state index contributed by atoms with van der Waals surface area (Å²) in [4.78, 5) is 40.7. The van der Waals surface area contributed by atoms with E-state index in [2.05, 4.69) is 10.6 Å². The molecule has 0 bridgehead atoms. The van der Waals surface area contributed by atoms with Crippen LogP contribution in [0.4, 0.5) is 5.69 Å². The van der Waals surface area contributed by atoms with Crippen molar-refractivity contribution in [1.82, 2.24) is 5.32 Å². The minimum absolute atomic E-state index is 0.0709. The fraction of sp³-hybridized carbons (Fsp3) is 0.345. The Labute approximate surface area is 226 Å². The smallest absolute Gasteiger partial charge is 0.336 e. The van der Waals surface area contributed by atoms with Crippen molar-refractivity contribution >= 4 is 46.5 Å². The highest BCUT2D eigenvalue weighted by molar-refractivity contribution is 6.31. The van der Waals surface area contributed by atoms with Gasteiger partial charge in [0.15, 0.2) is 5.78 Å². The summed E-state index contributed by atoms with van der Waals surface area (Å²) in [7, 11) is 0. The molecule has 2 aromatic carbocycles. The second kappa shape index (κ2) is 9.43. The van der Waals surface area contributed by atoms with Crippen LogP contribution in [0.1, 0.15) is 50.7 Å². The lowest BCUT2D eigenvalue weighted by Gasteiger charge is -2.40. The van der Waals surface area contributed by atoms with Gasteiger partial charge in [-0.2, -0.15) is 0 Å². The van der Waals surface area contributed by atoms with E-state index in [-0.39, 0.29) is 18.1 Å². The minimum atomic E-state index is -1.19. The Morgan fingerprint density at radius 1 is 1.08 bits per heavy atom. The summed E-state index contributed by atoms with van der Waals surface area (Å²) in [5.41, 5.74) is 1.01. The molecular formula is C29H28Cl2N2O4. The number of carbonyl (C=O) groups excluding carboxylic acids is 3. The highest BCUT2D eigenvalue weighted by Gasteiger charge is 2.55. The third kappa shape index (κ3) is 4.63. The van der Waals surface area contributed by atoms with E-state index in [1.807, 2.05) is 24.3 Å². The normalized spacial score (nSPS) is 25.3. The van der Waals surface area contributed by atoms with Gasteiger partial charge in [-0.1, -0.05) is 53.6 Å². The molecule has 0 aromatic heterocycles. The first-order valence-electron chi connectivity index (χ1n) is 12.3. The molecule has 1 aliphatic carbocycles. The fourth-order valence-corrected chi connectivity index (χ4v) is 5.93. The van der Waals surface area contributed by atoms with E-state index >= 15 is 0 Å². The summed E-state index contributed by atoms with van der Waals surface area (Å²) in [5.74, 6) is -1.37. The van der Waals surface area contributed by atoms with Crippen molar-refractivity contribution in [3.05, 3.63) is 86.9 Å². The van der Waals surface area contributed by atoms with Crippen LogP contribution in [0.2, 0.25) is 10.0 Å². The van der Waals surface area contributed by atoms with Crippen LogP contribution in [0.5, 0.6) is 0 Å². The number of ether oxygens (including phenoxy) is 1. The third-order valence-corrected chi connectivity index (χ3v) is 7.53. The number of hydrogen-bond donors (Lipinski definition) is 2. The van der Waals surface area contributed by atoms with E-state index in [0.717, 1.165) is 11.1 Å². The first kappa shape index (κ1) is 25.7. The largest absolute Gasteiger partial charge is 0.457 e. The van der Waals surface area contributed by atoms with Gasteiger partial charge in [-0.15, -0.1) is 0 Å². The van der Waals surface area contributed by atoms with Gasteiger partial charge in [0.25, 0.3) is 0 Å². The second-order valence-electron chi connectivity index (χ2n) is 10.7. The van der Waals surface area contributed by atoms with E-state index in [0.29, 0.717) is 39.8 Å². The number of halogens is 2. The molecule has 0 saturated heterocycles. The lowest BCUT2D eigenvalue weighted by Crippen LogP contribution is -2.48. The maximum absolute atomic E-state index is 13.9. The van der Waals surface area contributed by atoms with Crippen LogP contribution in [0.25, 0.3) is 0 Å². The quantitative estimate of drug-likeness (QED) is 0.504. The molecule has 6 nitrogen and oxygen atoms in total. The zero-order valence-electron chi connectivity index (χ0n) is 20.9. The van der Waals surface area contributed by atoms with Crippen LogP contribution in [0, 0.1) is 0 Å². The minimum Gasteiger partial charge on any atom is -0.457 e. The lowest BCUT2D eigenvalue weighted by molar-refractivity contribution is -0.150. The topological polar surface area (TPSA) is 84.5 Å². The summed E-state index contributed by atoms with van der Waals surface area (Å²) in [6.07, 6.45) is 4.27. The van der Waals surface area contributed by atoms with Crippen LogP contribution in [0.3, 0.4) is 0 Å². The predicted molar refractivity (Wildman–Crippen MR) is 144 cm³/mol. The number of anilines is 1. The Morgan fingerprint density at radius 3 is 2.57 bits per heavy atom. The summed E-state index contributed by atoms with van der Waals surface area (Å²) in [6.45, 7) is 6.00. The average molecular weight is 539 g/mol. The molecule has 37 heavy (non-hydrogen) atoms. The number of esters is 1. The molecule has 3 aliphatic rings. The molecule has 3 atom stereocenters. The van der Waals surface area contributed by atoms with E-state index in [1.165, 1.54) is 0 Å². The zero-order valence-corrected chi connectivity index (χ0v) is 22.4.